The number of alkyl halides is 2. The minimum absolute atomic E-state index is 0.0579. The summed E-state index contributed by atoms with van der Waals surface area (Å²) >= 11 is 11.4. The topological polar surface area (TPSA) is 46.5 Å². The number of rotatable bonds is 4. The van der Waals surface area contributed by atoms with Crippen molar-refractivity contribution in [3.8, 4) is 5.75 Å². The van der Waals surface area contributed by atoms with E-state index in [2.05, 4.69) is 4.74 Å². The van der Waals surface area contributed by atoms with E-state index in [4.69, 9.17) is 28.3 Å². The molecule has 1 aromatic carbocycles. The highest BCUT2D eigenvalue weighted by atomic mass is 35.5. The number of benzene rings is 1. The van der Waals surface area contributed by atoms with E-state index in [1.807, 2.05) is 0 Å². The van der Waals surface area contributed by atoms with Crippen LogP contribution in [0.1, 0.15) is 5.56 Å². The Kier molecular flexibility index (Phi) is 4.72. The Morgan fingerprint density at radius 3 is 2.53 bits per heavy atom. The molecule has 0 aliphatic heterocycles. The number of aliphatic carboxylic acids is 1. The summed E-state index contributed by atoms with van der Waals surface area (Å²) in [5, 5.41) is 8.40. The van der Waals surface area contributed by atoms with E-state index in [9.17, 15) is 13.6 Å². The van der Waals surface area contributed by atoms with Crippen LogP contribution in [-0.2, 0) is 4.79 Å². The molecule has 0 heterocycles. The Bertz CT molecular complexity index is 461. The number of hydrogen-bond acceptors (Lipinski definition) is 2. The number of carbonyl (C=O) groups is 1. The molecule has 3 nitrogen and oxygen atoms in total. The molecule has 0 amide bonds. The van der Waals surface area contributed by atoms with Crippen LogP contribution in [0.25, 0.3) is 6.08 Å². The van der Waals surface area contributed by atoms with Crippen LogP contribution in [0.3, 0.4) is 0 Å². The first-order valence-corrected chi connectivity index (χ1v) is 5.00. The van der Waals surface area contributed by atoms with Gasteiger partial charge in [0.1, 0.15) is 5.75 Å². The number of halogens is 4. The van der Waals surface area contributed by atoms with Crippen LogP contribution in [0.2, 0.25) is 10.0 Å². The summed E-state index contributed by atoms with van der Waals surface area (Å²) in [6.07, 6.45) is 2.05. The number of carboxylic acid groups (broad SMARTS) is 1. The average Bonchev–Trinajstić information content (AvgIpc) is 2.20. The largest absolute Gasteiger partial charge is 0.478 e. The predicted octanol–water partition coefficient (Wildman–Crippen LogP) is 3.69. The lowest BCUT2D eigenvalue weighted by atomic mass is 10.2. The third kappa shape index (κ3) is 4.20. The van der Waals surface area contributed by atoms with E-state index in [-0.39, 0.29) is 15.8 Å². The van der Waals surface area contributed by atoms with E-state index >= 15 is 0 Å². The molecule has 0 unspecified atom stereocenters. The highest BCUT2D eigenvalue weighted by molar-refractivity contribution is 6.35. The average molecular weight is 283 g/mol. The summed E-state index contributed by atoms with van der Waals surface area (Å²) in [6.45, 7) is -3.01. The molecule has 0 bridgehead atoms. The fourth-order valence-corrected chi connectivity index (χ4v) is 1.45. The Balaban J connectivity index is 3.05. The summed E-state index contributed by atoms with van der Waals surface area (Å²) in [6, 6.07) is 2.33. The van der Waals surface area contributed by atoms with Gasteiger partial charge in [0, 0.05) is 12.1 Å². The molecule has 0 saturated heterocycles. The van der Waals surface area contributed by atoms with E-state index < -0.39 is 12.6 Å². The molecule has 1 N–H and O–H groups in total. The maximum atomic E-state index is 12.0. The van der Waals surface area contributed by atoms with Gasteiger partial charge in [-0.3, -0.25) is 0 Å². The van der Waals surface area contributed by atoms with Crippen LogP contribution in [0.4, 0.5) is 8.78 Å². The molecule has 0 atom stereocenters. The number of ether oxygens (including phenoxy) is 1. The second kappa shape index (κ2) is 5.84. The smallest absolute Gasteiger partial charge is 0.387 e. The van der Waals surface area contributed by atoms with E-state index in [0.29, 0.717) is 5.56 Å². The van der Waals surface area contributed by atoms with Crippen molar-refractivity contribution < 1.29 is 23.4 Å². The van der Waals surface area contributed by atoms with Gasteiger partial charge in [-0.25, -0.2) is 4.79 Å². The fourth-order valence-electron chi connectivity index (χ4n) is 1.02. The van der Waals surface area contributed by atoms with Crippen molar-refractivity contribution in [2.45, 2.75) is 6.61 Å². The number of hydrogen-bond donors (Lipinski definition) is 1. The van der Waals surface area contributed by atoms with Gasteiger partial charge in [0.15, 0.2) is 0 Å². The molecule has 0 fully saturated rings. The summed E-state index contributed by atoms with van der Waals surface area (Å²) in [5.74, 6) is -1.43. The van der Waals surface area contributed by atoms with Crippen molar-refractivity contribution in [2.24, 2.45) is 0 Å². The Labute approximate surface area is 105 Å². The van der Waals surface area contributed by atoms with Crippen LogP contribution in [0.15, 0.2) is 18.2 Å². The predicted molar refractivity (Wildman–Crippen MR) is 59.8 cm³/mol. The van der Waals surface area contributed by atoms with Crippen LogP contribution in [0, 0.1) is 0 Å². The minimum Gasteiger partial charge on any atom is -0.478 e. The molecule has 0 aliphatic rings. The maximum Gasteiger partial charge on any atom is 0.387 e. The first-order valence-electron chi connectivity index (χ1n) is 4.25. The number of carboxylic acids is 1. The zero-order valence-electron chi connectivity index (χ0n) is 8.16. The van der Waals surface area contributed by atoms with Crippen molar-refractivity contribution in [1.29, 1.82) is 0 Å². The molecule has 1 rings (SSSR count). The quantitative estimate of drug-likeness (QED) is 0.857. The molecule has 0 saturated carbocycles. The van der Waals surface area contributed by atoms with Crippen molar-refractivity contribution in [1.82, 2.24) is 0 Å². The van der Waals surface area contributed by atoms with Gasteiger partial charge in [0.2, 0.25) is 0 Å². The van der Waals surface area contributed by atoms with Gasteiger partial charge < -0.3 is 9.84 Å². The van der Waals surface area contributed by atoms with Gasteiger partial charge >= 0.3 is 12.6 Å². The maximum absolute atomic E-state index is 12.0. The molecular weight excluding hydrogens is 277 g/mol. The second-order valence-corrected chi connectivity index (χ2v) is 3.67. The molecule has 92 valence electrons. The normalized spacial score (nSPS) is 11.1. The molecule has 7 heteroatoms. The zero-order chi connectivity index (χ0) is 13.0. The van der Waals surface area contributed by atoms with E-state index in [1.165, 1.54) is 12.1 Å². The summed E-state index contributed by atoms with van der Waals surface area (Å²) in [5.41, 5.74) is 0.292. The van der Waals surface area contributed by atoms with Crippen LogP contribution in [0.5, 0.6) is 5.75 Å². The van der Waals surface area contributed by atoms with Crippen molar-refractivity contribution in [3.63, 3.8) is 0 Å². The first-order chi connectivity index (χ1) is 7.90. The highest BCUT2D eigenvalue weighted by Gasteiger charge is 2.11. The monoisotopic (exact) mass is 282 g/mol. The zero-order valence-corrected chi connectivity index (χ0v) is 9.67. The third-order valence-corrected chi connectivity index (χ3v) is 2.30. The molecule has 17 heavy (non-hydrogen) atoms. The minimum atomic E-state index is -3.01. The molecule has 1 aromatic rings. The molecule has 0 aliphatic carbocycles. The third-order valence-electron chi connectivity index (χ3n) is 1.67. The summed E-state index contributed by atoms with van der Waals surface area (Å²) in [4.78, 5) is 10.3. The van der Waals surface area contributed by atoms with Crippen molar-refractivity contribution in [3.05, 3.63) is 33.8 Å². The fraction of sp³-hybridized carbons (Fsp3) is 0.100. The van der Waals surface area contributed by atoms with Gasteiger partial charge in [-0.2, -0.15) is 8.78 Å². The van der Waals surface area contributed by atoms with Gasteiger partial charge in [-0.05, 0) is 17.7 Å². The van der Waals surface area contributed by atoms with Gasteiger partial charge in [-0.15, -0.1) is 0 Å². The molecule has 0 aromatic heterocycles. The van der Waals surface area contributed by atoms with Crippen LogP contribution >= 0.6 is 23.2 Å². The molecule has 0 radical (unpaired) electrons. The Morgan fingerprint density at radius 2 is 2.00 bits per heavy atom. The first kappa shape index (κ1) is 13.7. The second-order valence-electron chi connectivity index (χ2n) is 2.85. The highest BCUT2D eigenvalue weighted by Crippen LogP contribution is 2.32. The lowest BCUT2D eigenvalue weighted by molar-refractivity contribution is -0.131. The standard InChI is InChI=1S/C10H6Cl2F2O3/c11-6-4-8(17-10(13)14)7(12)3-5(6)1-2-9(15)16/h1-4,10H,(H,15,16)/b2-1+. The van der Waals surface area contributed by atoms with Crippen molar-refractivity contribution in [2.75, 3.05) is 0 Å². The molecule has 0 spiro atoms. The van der Waals surface area contributed by atoms with Crippen LogP contribution in [-0.4, -0.2) is 17.7 Å². The Hall–Kier alpha value is -1.33. The summed E-state index contributed by atoms with van der Waals surface area (Å²) in [7, 11) is 0. The van der Waals surface area contributed by atoms with Crippen molar-refractivity contribution >= 4 is 35.2 Å². The van der Waals surface area contributed by atoms with Gasteiger partial charge in [0.25, 0.3) is 0 Å². The lowest BCUT2D eigenvalue weighted by Gasteiger charge is -2.08. The molecular formula is C10H6Cl2F2O3. The lowest BCUT2D eigenvalue weighted by Crippen LogP contribution is -2.02. The summed E-state index contributed by atoms with van der Waals surface area (Å²) < 4.78 is 28.1. The SMILES string of the molecule is O=C(O)/C=C/c1cc(Cl)c(OC(F)F)cc1Cl. The van der Waals surface area contributed by atoms with Gasteiger partial charge in [-0.1, -0.05) is 23.2 Å². The van der Waals surface area contributed by atoms with E-state index in [0.717, 1.165) is 12.1 Å². The van der Waals surface area contributed by atoms with Gasteiger partial charge in [0.05, 0.1) is 10.0 Å². The van der Waals surface area contributed by atoms with Crippen LogP contribution < -0.4 is 4.74 Å². The van der Waals surface area contributed by atoms with E-state index in [1.54, 1.807) is 0 Å². The Morgan fingerprint density at radius 1 is 1.35 bits per heavy atom.